The van der Waals surface area contributed by atoms with Gasteiger partial charge < -0.3 is 0 Å². The Kier molecular flexibility index (Phi) is 5.29. The fourth-order valence-corrected chi connectivity index (χ4v) is 0.298. The van der Waals surface area contributed by atoms with Crippen LogP contribution in [0.25, 0.3) is 0 Å². The minimum absolute atomic E-state index is 0.607. The van der Waals surface area contributed by atoms with Gasteiger partial charge in [0.25, 0.3) is 0 Å². The average Bonchev–Trinajstić information content (AvgIpc) is 1.82. The van der Waals surface area contributed by atoms with Crippen molar-refractivity contribution in [1.29, 1.82) is 0 Å². The Hall–Kier alpha value is 0.384. The molecule has 0 amide bonds. The van der Waals surface area contributed by atoms with Gasteiger partial charge >= 0.3 is 69.9 Å². The zero-order valence-corrected chi connectivity index (χ0v) is 5.64. The van der Waals surface area contributed by atoms with Crippen LogP contribution in [0.2, 0.25) is 0 Å². The molecule has 0 spiro atoms. The van der Waals surface area contributed by atoms with Crippen molar-refractivity contribution < 1.29 is 0 Å². The second kappa shape index (κ2) is 5.09. The van der Waals surface area contributed by atoms with Crippen molar-refractivity contribution in [1.82, 2.24) is 0 Å². The fraction of sp³-hybridized carbons (Fsp3) is 0. The summed E-state index contributed by atoms with van der Waals surface area (Å²) in [5.74, 6) is 0. The van der Waals surface area contributed by atoms with Crippen molar-refractivity contribution in [2.75, 3.05) is 0 Å². The van der Waals surface area contributed by atoms with Crippen LogP contribution < -0.4 is 0 Å². The summed E-state index contributed by atoms with van der Waals surface area (Å²) in [6.45, 7) is 0.673. The molecule has 0 saturated carbocycles. The minimum atomic E-state index is -0.671. The second-order valence-electron chi connectivity index (χ2n) is 1.94. The third-order valence-electron chi connectivity index (χ3n) is 0.825. The first-order valence-corrected chi connectivity index (χ1v) is 2.85. The zero-order valence-electron chi connectivity index (χ0n) is 5.64. The van der Waals surface area contributed by atoms with Gasteiger partial charge in [0.1, 0.15) is 0 Å². The van der Waals surface area contributed by atoms with Crippen molar-refractivity contribution in [3.63, 3.8) is 0 Å². The van der Waals surface area contributed by atoms with Gasteiger partial charge in [0.2, 0.25) is 0 Å². The van der Waals surface area contributed by atoms with Crippen molar-refractivity contribution in [3.8, 4) is 0 Å². The zero-order chi connectivity index (χ0) is 8.15. The first kappa shape index (κ1) is 10.4. The Labute approximate surface area is 70.4 Å². The van der Waals surface area contributed by atoms with Crippen molar-refractivity contribution in [2.45, 2.75) is 0 Å². The molecular formula is B9N. The molecule has 0 aliphatic heterocycles. The van der Waals surface area contributed by atoms with Gasteiger partial charge in [-0.25, -0.2) is 0 Å². The van der Waals surface area contributed by atoms with E-state index in [1.54, 1.807) is 0 Å². The third kappa shape index (κ3) is 5.19. The van der Waals surface area contributed by atoms with Crippen LogP contribution in [-0.2, 0) is 0 Å². The molecule has 1 nitrogen and oxygen atoms in total. The molecule has 0 fully saturated rings. The molecule has 0 aliphatic carbocycles. The first-order valence-electron chi connectivity index (χ1n) is 2.85. The summed E-state index contributed by atoms with van der Waals surface area (Å²) in [5, 5.41) is 0. The second-order valence-corrected chi connectivity index (χ2v) is 1.94. The van der Waals surface area contributed by atoms with E-state index in [0.717, 1.165) is 0 Å². The van der Waals surface area contributed by atoms with Crippen molar-refractivity contribution in [2.24, 2.45) is 4.81 Å². The summed E-state index contributed by atoms with van der Waals surface area (Å²) in [7, 11) is 25.9. The molecule has 0 rings (SSSR count). The van der Waals surface area contributed by atoms with E-state index in [4.69, 9.17) is 38.7 Å². The molecule has 0 aromatic heterocycles. The SMILES string of the molecule is [B]B([B])B=NB([B])B([B])[B]. The van der Waals surface area contributed by atoms with Gasteiger partial charge in [-0.2, -0.15) is 0 Å². The van der Waals surface area contributed by atoms with Crippen LogP contribution in [0.3, 0.4) is 0 Å². The predicted octanol–water partition coefficient (Wildman–Crippen LogP) is -3.24. The molecule has 10 radical (unpaired) electrons. The molecule has 0 atom stereocenters. The Morgan fingerprint density at radius 3 is 1.80 bits per heavy atom. The van der Waals surface area contributed by atoms with Gasteiger partial charge in [0, 0.05) is 0 Å². The summed E-state index contributed by atoms with van der Waals surface area (Å²) < 4.78 is 0. The predicted molar refractivity (Wildman–Crippen MR) is 54.2 cm³/mol. The summed E-state index contributed by atoms with van der Waals surface area (Å²) in [6.07, 6.45) is -1.28. The van der Waals surface area contributed by atoms with E-state index < -0.39 is 19.4 Å². The molecular weight excluding hydrogens is 111 g/mol. The summed E-state index contributed by atoms with van der Waals surface area (Å²) >= 11 is 0. The van der Waals surface area contributed by atoms with Gasteiger partial charge in [0.15, 0.2) is 0 Å². The maximum atomic E-state index is 5.31. The Morgan fingerprint density at radius 2 is 1.50 bits per heavy atom. The van der Waals surface area contributed by atoms with E-state index in [0.29, 0.717) is 0 Å². The van der Waals surface area contributed by atoms with Crippen molar-refractivity contribution >= 4 is 65.0 Å². The summed E-state index contributed by atoms with van der Waals surface area (Å²) in [4.78, 5) is 3.68. The van der Waals surface area contributed by atoms with E-state index in [1.807, 2.05) is 0 Å². The summed E-state index contributed by atoms with van der Waals surface area (Å²) in [5.41, 5.74) is 0. The number of rotatable bonds is 3. The maximum absolute atomic E-state index is 5.31. The quantitative estimate of drug-likeness (QED) is 0.339. The third-order valence-corrected chi connectivity index (χ3v) is 0.825. The van der Waals surface area contributed by atoms with E-state index in [2.05, 4.69) is 4.81 Å². The Bertz CT molecular complexity index is 103. The van der Waals surface area contributed by atoms with Crippen molar-refractivity contribution in [3.05, 3.63) is 0 Å². The van der Waals surface area contributed by atoms with E-state index in [-0.39, 0.29) is 0 Å². The van der Waals surface area contributed by atoms with E-state index >= 15 is 0 Å². The van der Waals surface area contributed by atoms with Gasteiger partial charge in [-0.05, 0) is 0 Å². The van der Waals surface area contributed by atoms with Crippen LogP contribution in [-0.4, -0.2) is 65.0 Å². The van der Waals surface area contributed by atoms with Gasteiger partial charge in [-0.15, -0.1) is 0 Å². The number of hydrogen-bond donors (Lipinski definition) is 0. The number of nitrogens with zero attached hydrogens (tertiary/aromatic N) is 1. The molecule has 0 saturated heterocycles. The topological polar surface area (TPSA) is 12.4 Å². The van der Waals surface area contributed by atoms with Gasteiger partial charge in [-0.3, -0.25) is 0 Å². The Balaban J connectivity index is 3.66. The first-order chi connectivity index (χ1) is 4.54. The van der Waals surface area contributed by atoms with Crippen LogP contribution in [0.4, 0.5) is 0 Å². The molecule has 0 bridgehead atoms. The number of hydrogen-bond acceptors (Lipinski definition) is 1. The molecule has 0 heterocycles. The molecule has 0 N–H and O–H groups in total. The molecule has 32 valence electrons. The van der Waals surface area contributed by atoms with Crippen LogP contribution >= 0.6 is 0 Å². The molecule has 10 heteroatoms. The normalized spacial score (nSPS) is 8.80. The fourth-order valence-electron chi connectivity index (χ4n) is 0.298. The van der Waals surface area contributed by atoms with Gasteiger partial charge in [-0.1, -0.05) is 0 Å². The van der Waals surface area contributed by atoms with Crippen LogP contribution in [0.15, 0.2) is 4.81 Å². The van der Waals surface area contributed by atoms with Crippen LogP contribution in [0, 0.1) is 0 Å². The standard InChI is InChI=1S/B9N/c1-7(2)6-10-9(5)8(3)4. The van der Waals surface area contributed by atoms with E-state index in [1.165, 1.54) is 6.96 Å². The van der Waals surface area contributed by atoms with E-state index in [9.17, 15) is 0 Å². The monoisotopic (exact) mass is 113 g/mol. The average molecular weight is 111 g/mol. The molecule has 10 heavy (non-hydrogen) atoms. The molecule has 0 aromatic rings. The van der Waals surface area contributed by atoms with Gasteiger partial charge in [0.05, 0.1) is 0 Å². The Morgan fingerprint density at radius 1 is 1.00 bits per heavy atom. The molecule has 0 unspecified atom stereocenters. The molecule has 0 aliphatic rings. The van der Waals surface area contributed by atoms with Crippen LogP contribution in [0.1, 0.15) is 0 Å². The van der Waals surface area contributed by atoms with Crippen LogP contribution in [0.5, 0.6) is 0 Å². The molecule has 0 aromatic carbocycles. The summed E-state index contributed by atoms with van der Waals surface area (Å²) in [6, 6.07) is 0.